The summed E-state index contributed by atoms with van der Waals surface area (Å²) in [4.78, 5) is 17.6. The number of hydrogen-bond donors (Lipinski definition) is 1. The third-order valence-corrected chi connectivity index (χ3v) is 5.58. The van der Waals surface area contributed by atoms with Crippen molar-refractivity contribution < 1.29 is 9.84 Å². The smallest absolute Gasteiger partial charge is 0.193 e. The van der Waals surface area contributed by atoms with Gasteiger partial charge in [-0.25, -0.2) is 0 Å². The maximum Gasteiger partial charge on any atom is 0.193 e. The topological polar surface area (TPSA) is 63.8 Å². The van der Waals surface area contributed by atoms with Crippen LogP contribution in [0.25, 0.3) is 27.2 Å². The van der Waals surface area contributed by atoms with Crippen LogP contribution in [-0.2, 0) is 6.42 Å². The van der Waals surface area contributed by atoms with Gasteiger partial charge in [-0.2, -0.15) is 0 Å². The van der Waals surface area contributed by atoms with E-state index in [4.69, 9.17) is 21.4 Å². The van der Waals surface area contributed by atoms with Gasteiger partial charge in [-0.3, -0.25) is 9.78 Å². The van der Waals surface area contributed by atoms with Crippen LogP contribution in [0, 0.1) is 0 Å². The first kappa shape index (κ1) is 18.9. The molecule has 5 rings (SSSR count). The van der Waals surface area contributed by atoms with E-state index in [1.54, 1.807) is 18.5 Å². The van der Waals surface area contributed by atoms with Gasteiger partial charge in [0.25, 0.3) is 0 Å². The molecule has 3 aromatic heterocycles. The summed E-state index contributed by atoms with van der Waals surface area (Å²) in [5.41, 5.74) is 3.45. The summed E-state index contributed by atoms with van der Waals surface area (Å²) in [5.74, 6) is 0.621. The zero-order valence-electron chi connectivity index (χ0n) is 16.1. The zero-order valence-corrected chi connectivity index (χ0v) is 16.9. The number of pyridine rings is 2. The maximum atomic E-state index is 13.4. The van der Waals surface area contributed by atoms with E-state index < -0.39 is 0 Å². The van der Waals surface area contributed by atoms with Crippen LogP contribution in [0.1, 0.15) is 17.5 Å². The van der Waals surface area contributed by atoms with Gasteiger partial charge in [0.15, 0.2) is 5.43 Å². The Morgan fingerprint density at radius 1 is 1.10 bits per heavy atom. The van der Waals surface area contributed by atoms with Crippen LogP contribution in [0.15, 0.2) is 65.8 Å². The molecule has 150 valence electrons. The average molecular weight is 419 g/mol. The number of rotatable bonds is 6. The van der Waals surface area contributed by atoms with Crippen LogP contribution < -0.4 is 10.2 Å². The lowest BCUT2D eigenvalue weighted by Gasteiger charge is -2.09. The molecule has 0 spiro atoms. The van der Waals surface area contributed by atoms with Crippen molar-refractivity contribution in [2.24, 2.45) is 0 Å². The number of aromatic nitrogens is 2. The molecule has 0 saturated heterocycles. The van der Waals surface area contributed by atoms with Crippen LogP contribution in [0.2, 0.25) is 5.02 Å². The fraction of sp³-hybridized carbons (Fsp3) is 0.167. The Morgan fingerprint density at radius 3 is 2.77 bits per heavy atom. The van der Waals surface area contributed by atoms with Crippen LogP contribution in [0.5, 0.6) is 5.75 Å². The van der Waals surface area contributed by atoms with Crippen LogP contribution in [0.3, 0.4) is 0 Å². The van der Waals surface area contributed by atoms with E-state index >= 15 is 0 Å². The van der Waals surface area contributed by atoms with Gasteiger partial charge in [0.05, 0.1) is 23.0 Å². The molecule has 0 radical (unpaired) electrons. The molecule has 0 aliphatic carbocycles. The largest absolute Gasteiger partial charge is 0.493 e. The summed E-state index contributed by atoms with van der Waals surface area (Å²) < 4.78 is 7.88. The highest BCUT2D eigenvalue weighted by atomic mass is 35.5. The van der Waals surface area contributed by atoms with Crippen molar-refractivity contribution in [3.05, 3.63) is 87.4 Å². The van der Waals surface area contributed by atoms with E-state index in [9.17, 15) is 4.79 Å². The number of aliphatic hydroxyl groups excluding tert-OH is 1. The molecule has 1 N–H and O–H groups in total. The second kappa shape index (κ2) is 7.59. The Kier molecular flexibility index (Phi) is 4.77. The number of halogens is 1. The molecule has 6 heteroatoms. The molecule has 0 amide bonds. The van der Waals surface area contributed by atoms with Crippen LogP contribution in [-0.4, -0.2) is 27.7 Å². The molecule has 0 aliphatic heterocycles. The van der Waals surface area contributed by atoms with Crippen molar-refractivity contribution in [2.45, 2.75) is 12.8 Å². The lowest BCUT2D eigenvalue weighted by molar-refractivity contribution is 0.234. The molecule has 0 aliphatic rings. The first-order chi connectivity index (χ1) is 14.7. The first-order valence-corrected chi connectivity index (χ1v) is 10.2. The Labute approximate surface area is 177 Å². The number of nitrogens with zero attached hydrogens (tertiary/aromatic N) is 2. The Balaban J connectivity index is 1.79. The third-order valence-electron chi connectivity index (χ3n) is 5.34. The van der Waals surface area contributed by atoms with Gasteiger partial charge < -0.3 is 14.2 Å². The minimum atomic E-state index is -0.0159. The van der Waals surface area contributed by atoms with Gasteiger partial charge in [-0.05, 0) is 35.9 Å². The quantitative estimate of drug-likeness (QED) is 0.414. The minimum absolute atomic E-state index is 0.0159. The van der Waals surface area contributed by atoms with Crippen LogP contribution in [0.4, 0.5) is 0 Å². The minimum Gasteiger partial charge on any atom is -0.493 e. The Bertz CT molecular complexity index is 1410. The van der Waals surface area contributed by atoms with E-state index in [1.165, 1.54) is 0 Å². The molecule has 2 aromatic carbocycles. The standard InChI is InChI=1S/C24H19ClN2O3/c25-17-4-5-19-20-11-18(30-8-2-7-28)12-21-23(20)27(22(19)10-17)14-16(24(21)29)9-15-3-1-6-26-13-15/h1,3-6,10-14,28H,2,7-9H2. The first-order valence-electron chi connectivity index (χ1n) is 9.81. The lowest BCUT2D eigenvalue weighted by atomic mass is 10.0. The van der Waals surface area contributed by atoms with Crippen molar-refractivity contribution in [3.8, 4) is 5.75 Å². The number of benzene rings is 2. The van der Waals surface area contributed by atoms with Gasteiger partial charge in [0.1, 0.15) is 5.75 Å². The molecule has 0 bridgehead atoms. The number of ether oxygens (including phenoxy) is 1. The maximum absolute atomic E-state index is 13.4. The molecule has 3 heterocycles. The summed E-state index contributed by atoms with van der Waals surface area (Å²) in [6.45, 7) is 0.447. The summed E-state index contributed by atoms with van der Waals surface area (Å²) >= 11 is 6.29. The predicted molar refractivity (Wildman–Crippen MR) is 119 cm³/mol. The second-order valence-corrected chi connectivity index (χ2v) is 7.78. The van der Waals surface area contributed by atoms with E-state index in [0.717, 1.165) is 27.4 Å². The summed E-state index contributed by atoms with van der Waals surface area (Å²) in [6.07, 6.45) is 6.43. The molecule has 0 unspecified atom stereocenters. The van der Waals surface area contributed by atoms with Crippen LogP contribution >= 0.6 is 11.6 Å². The SMILES string of the molecule is O=c1c(Cc2cccnc2)cn2c3cc(Cl)ccc3c3cc(OCCCO)cc1c32. The highest BCUT2D eigenvalue weighted by Crippen LogP contribution is 2.35. The second-order valence-electron chi connectivity index (χ2n) is 7.35. The lowest BCUT2D eigenvalue weighted by Crippen LogP contribution is -2.12. The highest BCUT2D eigenvalue weighted by molar-refractivity contribution is 6.31. The molecular weight excluding hydrogens is 400 g/mol. The number of hydrogen-bond acceptors (Lipinski definition) is 4. The van der Waals surface area contributed by atoms with Gasteiger partial charge in [-0.1, -0.05) is 23.7 Å². The molecule has 0 saturated carbocycles. The monoisotopic (exact) mass is 418 g/mol. The average Bonchev–Trinajstić information content (AvgIpc) is 3.05. The van der Waals surface area contributed by atoms with E-state index in [2.05, 4.69) is 9.38 Å². The van der Waals surface area contributed by atoms with Crippen molar-refractivity contribution in [3.63, 3.8) is 0 Å². The number of aliphatic hydroxyl groups is 1. The van der Waals surface area contributed by atoms with Gasteiger partial charge in [0.2, 0.25) is 0 Å². The van der Waals surface area contributed by atoms with E-state index in [1.807, 2.05) is 42.6 Å². The molecule has 5 aromatic rings. The Morgan fingerprint density at radius 2 is 1.97 bits per heavy atom. The van der Waals surface area contributed by atoms with Gasteiger partial charge >= 0.3 is 0 Å². The van der Waals surface area contributed by atoms with Crippen molar-refractivity contribution in [1.82, 2.24) is 9.38 Å². The predicted octanol–water partition coefficient (Wildman–Crippen LogP) is 4.44. The molecule has 0 fully saturated rings. The number of fused-ring (bicyclic) bond motifs is 3. The van der Waals surface area contributed by atoms with Crippen molar-refractivity contribution in [2.75, 3.05) is 13.2 Å². The Hall–Kier alpha value is -3.15. The third kappa shape index (κ3) is 3.16. The summed E-state index contributed by atoms with van der Waals surface area (Å²) in [6, 6.07) is 13.3. The molecule has 30 heavy (non-hydrogen) atoms. The van der Waals surface area contributed by atoms with Gasteiger partial charge in [0, 0.05) is 59.4 Å². The van der Waals surface area contributed by atoms with E-state index in [0.29, 0.717) is 41.2 Å². The molecule has 0 atom stereocenters. The normalized spacial score (nSPS) is 11.7. The zero-order chi connectivity index (χ0) is 20.7. The fourth-order valence-corrected chi connectivity index (χ4v) is 4.17. The molecule has 5 nitrogen and oxygen atoms in total. The molecular formula is C24H19ClN2O3. The van der Waals surface area contributed by atoms with Gasteiger partial charge in [-0.15, -0.1) is 0 Å². The van der Waals surface area contributed by atoms with E-state index in [-0.39, 0.29) is 12.0 Å². The highest BCUT2D eigenvalue weighted by Gasteiger charge is 2.18. The van der Waals surface area contributed by atoms with Crippen molar-refractivity contribution in [1.29, 1.82) is 0 Å². The fourth-order valence-electron chi connectivity index (χ4n) is 4.01. The summed E-state index contributed by atoms with van der Waals surface area (Å²) in [5, 5.41) is 12.3. The summed E-state index contributed by atoms with van der Waals surface area (Å²) in [7, 11) is 0. The van der Waals surface area contributed by atoms with Crippen molar-refractivity contribution >= 4 is 38.8 Å².